The highest BCUT2D eigenvalue weighted by molar-refractivity contribution is 8.23. The molecule has 8 heteroatoms. The maximum Gasteiger partial charge on any atom is 0.247 e. The smallest absolute Gasteiger partial charge is 0.247 e. The Hall–Kier alpha value is -2.97. The number of hydrogen-bond donors (Lipinski definition) is 0. The molecule has 0 saturated carbocycles. The first-order valence-corrected chi connectivity index (χ1v) is 13.3. The van der Waals surface area contributed by atoms with Gasteiger partial charge in [0.15, 0.2) is 5.78 Å². The average molecular weight is 523 g/mol. The lowest BCUT2D eigenvalue weighted by atomic mass is 9.92. The maximum absolute atomic E-state index is 13.1. The van der Waals surface area contributed by atoms with E-state index in [2.05, 4.69) is 18.7 Å². The first-order valence-electron chi connectivity index (χ1n) is 12.0. The number of rotatable bonds is 6. The summed E-state index contributed by atoms with van der Waals surface area (Å²) in [5.41, 5.74) is 1.72. The summed E-state index contributed by atoms with van der Waals surface area (Å²) in [5, 5.41) is -0.525. The van der Waals surface area contributed by atoms with Crippen LogP contribution >= 0.6 is 24.0 Å². The number of imide groups is 1. The fourth-order valence-corrected chi connectivity index (χ4v) is 6.29. The second-order valence-electron chi connectivity index (χ2n) is 9.48. The molecule has 2 saturated heterocycles. The molecule has 3 atom stereocenters. The fraction of sp³-hybridized carbons (Fsp3) is 0.357. The zero-order valence-corrected chi connectivity index (χ0v) is 22.3. The van der Waals surface area contributed by atoms with Crippen molar-refractivity contribution in [2.45, 2.75) is 31.9 Å². The van der Waals surface area contributed by atoms with Crippen molar-refractivity contribution in [3.8, 4) is 5.75 Å². The van der Waals surface area contributed by atoms with E-state index < -0.39 is 5.25 Å². The van der Waals surface area contributed by atoms with E-state index in [4.69, 9.17) is 17.0 Å². The third-order valence-corrected chi connectivity index (χ3v) is 8.10. The van der Waals surface area contributed by atoms with Crippen LogP contribution < -0.4 is 9.64 Å². The Morgan fingerprint density at radius 2 is 1.72 bits per heavy atom. The third-order valence-electron chi connectivity index (χ3n) is 6.44. The first-order chi connectivity index (χ1) is 17.3. The van der Waals surface area contributed by atoms with Crippen LogP contribution in [0, 0.1) is 11.8 Å². The Kier molecular flexibility index (Phi) is 8.26. The summed E-state index contributed by atoms with van der Waals surface area (Å²) < 4.78 is 5.99. The van der Waals surface area contributed by atoms with Crippen LogP contribution in [0.1, 0.15) is 42.6 Å². The lowest BCUT2D eigenvalue weighted by Gasteiger charge is -2.36. The molecule has 0 unspecified atom stereocenters. The lowest BCUT2D eigenvalue weighted by Crippen LogP contribution is -2.41. The van der Waals surface area contributed by atoms with Gasteiger partial charge in [0.2, 0.25) is 11.8 Å². The zero-order valence-electron chi connectivity index (χ0n) is 20.7. The highest BCUT2D eigenvalue weighted by Crippen LogP contribution is 2.33. The number of ketones is 1. The van der Waals surface area contributed by atoms with Gasteiger partial charge in [0.1, 0.15) is 15.3 Å². The van der Waals surface area contributed by atoms with Crippen LogP contribution in [-0.4, -0.2) is 52.3 Å². The topological polar surface area (TPSA) is 66.9 Å². The van der Waals surface area contributed by atoms with Gasteiger partial charge in [0.05, 0.1) is 12.8 Å². The summed E-state index contributed by atoms with van der Waals surface area (Å²) in [6, 6.07) is 14.0. The average Bonchev–Trinajstić information content (AvgIpc) is 3.14. The predicted octanol–water partition coefficient (Wildman–Crippen LogP) is 5.22. The van der Waals surface area contributed by atoms with Gasteiger partial charge in [0, 0.05) is 30.6 Å². The minimum absolute atomic E-state index is 0.116. The minimum Gasteiger partial charge on any atom is -0.496 e. The van der Waals surface area contributed by atoms with Gasteiger partial charge >= 0.3 is 0 Å². The molecule has 0 bridgehead atoms. The molecular formula is C28H30N2O4S2. The van der Waals surface area contributed by atoms with Crippen molar-refractivity contribution in [3.05, 3.63) is 65.7 Å². The number of nitrogens with zero attached hydrogens (tertiary/aromatic N) is 2. The molecule has 2 fully saturated rings. The lowest BCUT2D eigenvalue weighted by molar-refractivity contribution is -0.121. The van der Waals surface area contributed by atoms with E-state index in [1.807, 2.05) is 24.3 Å². The number of para-hydroxylation sites is 1. The molecule has 0 radical (unpaired) electrons. The number of allylic oxidation sites excluding steroid dienone is 1. The fourth-order valence-electron chi connectivity index (χ4n) is 4.82. The molecular weight excluding hydrogens is 492 g/mol. The molecule has 0 N–H and O–H groups in total. The number of benzene rings is 2. The van der Waals surface area contributed by atoms with Gasteiger partial charge in [-0.25, -0.2) is 4.90 Å². The number of hydrogen-bond acceptors (Lipinski definition) is 6. The number of piperidine rings is 1. The summed E-state index contributed by atoms with van der Waals surface area (Å²) in [5.74, 6) is 1.08. The Balaban J connectivity index is 1.40. The normalized spacial score (nSPS) is 22.4. The number of thiocarbonyl (C=S) groups is 1. The van der Waals surface area contributed by atoms with Crippen LogP contribution in [0.3, 0.4) is 0 Å². The molecule has 2 amide bonds. The van der Waals surface area contributed by atoms with E-state index in [0.717, 1.165) is 18.7 Å². The molecule has 0 aromatic heterocycles. The molecule has 2 aromatic carbocycles. The standard InChI is InChI=1S/C28H30N2O4S2/c1-18-14-19(2)17-29(16-18)28(35)36-25-15-26(32)30(27(25)33)22-11-8-20(9-12-22)23(31)13-10-21-6-4-5-7-24(21)34-3/h4-13,18-19,25H,14-17H2,1-3H3/b13-10+/t18-,19-,25+/m1/s1. The largest absolute Gasteiger partial charge is 0.496 e. The number of thioether (sulfide) groups is 1. The van der Waals surface area contributed by atoms with E-state index in [-0.39, 0.29) is 24.0 Å². The number of anilines is 1. The molecule has 2 aliphatic rings. The second kappa shape index (κ2) is 11.4. The van der Waals surface area contributed by atoms with Gasteiger partial charge in [-0.2, -0.15) is 0 Å². The summed E-state index contributed by atoms with van der Waals surface area (Å²) in [6.07, 6.45) is 4.48. The third kappa shape index (κ3) is 5.87. The molecule has 2 heterocycles. The second-order valence-corrected chi connectivity index (χ2v) is 11.3. The van der Waals surface area contributed by atoms with Crippen molar-refractivity contribution in [3.63, 3.8) is 0 Å². The zero-order chi connectivity index (χ0) is 25.8. The van der Waals surface area contributed by atoms with Crippen molar-refractivity contribution in [2.24, 2.45) is 11.8 Å². The van der Waals surface area contributed by atoms with Crippen LogP contribution in [0.4, 0.5) is 5.69 Å². The maximum atomic E-state index is 13.1. The number of ether oxygens (including phenoxy) is 1. The SMILES string of the molecule is COc1ccccc1/C=C/C(=O)c1ccc(N2C(=O)C[C@H](SC(=S)N3C[C@H](C)C[C@@H](C)C3)C2=O)cc1. The van der Waals surface area contributed by atoms with E-state index in [1.165, 1.54) is 29.2 Å². The van der Waals surface area contributed by atoms with Gasteiger partial charge in [-0.3, -0.25) is 14.4 Å². The quantitative estimate of drug-likeness (QED) is 0.223. The van der Waals surface area contributed by atoms with Crippen LogP contribution in [0.2, 0.25) is 0 Å². The number of amides is 2. The summed E-state index contributed by atoms with van der Waals surface area (Å²) in [4.78, 5) is 41.9. The van der Waals surface area contributed by atoms with Gasteiger partial charge in [-0.05, 0) is 60.7 Å². The monoisotopic (exact) mass is 522 g/mol. The minimum atomic E-state index is -0.525. The molecule has 36 heavy (non-hydrogen) atoms. The number of methoxy groups -OCH3 is 1. The first kappa shape index (κ1) is 26.1. The number of likely N-dealkylation sites (tertiary alicyclic amines) is 1. The molecule has 2 aliphatic heterocycles. The highest BCUT2D eigenvalue weighted by Gasteiger charge is 2.41. The van der Waals surface area contributed by atoms with Crippen LogP contribution in [0.5, 0.6) is 5.75 Å². The Labute approximate surface area is 221 Å². The number of carbonyl (C=O) groups excluding carboxylic acids is 3. The Morgan fingerprint density at radius 3 is 2.39 bits per heavy atom. The van der Waals surface area contributed by atoms with E-state index in [1.54, 1.807) is 37.5 Å². The molecule has 2 aromatic rings. The van der Waals surface area contributed by atoms with Crippen molar-refractivity contribution >= 4 is 57.7 Å². The van der Waals surface area contributed by atoms with Crippen molar-refractivity contribution in [1.82, 2.24) is 4.90 Å². The number of carbonyl (C=O) groups is 3. The van der Waals surface area contributed by atoms with Crippen LogP contribution in [-0.2, 0) is 9.59 Å². The van der Waals surface area contributed by atoms with Gasteiger partial charge < -0.3 is 9.64 Å². The predicted molar refractivity (Wildman–Crippen MR) is 148 cm³/mol. The Bertz CT molecular complexity index is 1180. The molecule has 0 aliphatic carbocycles. The van der Waals surface area contributed by atoms with Crippen LogP contribution in [0.15, 0.2) is 54.6 Å². The van der Waals surface area contributed by atoms with E-state index >= 15 is 0 Å². The van der Waals surface area contributed by atoms with E-state index in [9.17, 15) is 14.4 Å². The van der Waals surface area contributed by atoms with E-state index in [0.29, 0.717) is 33.2 Å². The molecule has 0 spiro atoms. The van der Waals surface area contributed by atoms with Crippen LogP contribution in [0.25, 0.3) is 6.08 Å². The Morgan fingerprint density at radius 1 is 1.06 bits per heavy atom. The van der Waals surface area contributed by atoms with Crippen molar-refractivity contribution in [2.75, 3.05) is 25.1 Å². The van der Waals surface area contributed by atoms with Gasteiger partial charge in [-0.1, -0.05) is 56.0 Å². The van der Waals surface area contributed by atoms with Crippen molar-refractivity contribution < 1.29 is 19.1 Å². The summed E-state index contributed by atoms with van der Waals surface area (Å²) in [6.45, 7) is 6.20. The molecule has 188 valence electrons. The summed E-state index contributed by atoms with van der Waals surface area (Å²) in [7, 11) is 1.58. The molecule has 4 rings (SSSR count). The molecule has 6 nitrogen and oxygen atoms in total. The van der Waals surface area contributed by atoms with Crippen molar-refractivity contribution in [1.29, 1.82) is 0 Å². The summed E-state index contributed by atoms with van der Waals surface area (Å²) >= 11 is 6.96. The van der Waals surface area contributed by atoms with Gasteiger partial charge in [-0.15, -0.1) is 0 Å². The van der Waals surface area contributed by atoms with Gasteiger partial charge in [0.25, 0.3) is 0 Å². The highest BCUT2D eigenvalue weighted by atomic mass is 32.2.